The Morgan fingerprint density at radius 1 is 2.00 bits per heavy atom. The van der Waals surface area contributed by atoms with Crippen LogP contribution >= 0.6 is 11.6 Å². The molecule has 1 radical (unpaired) electrons. The molecule has 0 unspecified atom stereocenters. The van der Waals surface area contributed by atoms with Crippen LogP contribution in [0.3, 0.4) is 0 Å². The third kappa shape index (κ3) is 0.781. The summed E-state index contributed by atoms with van der Waals surface area (Å²) in [6.07, 6.45) is 1.02. The maximum absolute atomic E-state index is 5.24. The monoisotopic (exact) mass is 91.0 g/mol. The molecule has 1 rings (SSSR count). The number of epoxide rings is 1. The van der Waals surface area contributed by atoms with Gasteiger partial charge in [-0.2, -0.15) is 0 Å². The number of hydrogen-bond acceptors (Lipinski definition) is 1. The van der Waals surface area contributed by atoms with Gasteiger partial charge in [0.15, 0.2) is 0 Å². The number of halogens is 1. The standard InChI is InChI=1S/C3H4ClO/c4-1-3-2-5-3/h1-2H2. The molecule has 0 amide bonds. The lowest BCUT2D eigenvalue weighted by Gasteiger charge is -1.65. The van der Waals surface area contributed by atoms with E-state index in [1.165, 1.54) is 0 Å². The zero-order valence-electron chi connectivity index (χ0n) is 2.70. The summed E-state index contributed by atoms with van der Waals surface area (Å²) in [4.78, 5) is 0. The molecular weight excluding hydrogens is 87.5 g/mol. The number of hydrogen-bond donors (Lipinski definition) is 0. The van der Waals surface area contributed by atoms with Gasteiger partial charge < -0.3 is 4.74 Å². The van der Waals surface area contributed by atoms with Crippen molar-refractivity contribution in [1.82, 2.24) is 0 Å². The summed E-state index contributed by atoms with van der Waals surface area (Å²) in [5.41, 5.74) is 0. The van der Waals surface area contributed by atoms with Crippen LogP contribution in [0.4, 0.5) is 0 Å². The third-order valence-corrected chi connectivity index (χ3v) is 0.796. The summed E-state index contributed by atoms with van der Waals surface area (Å²) in [6.45, 7) is 0.795. The van der Waals surface area contributed by atoms with Gasteiger partial charge in [-0.3, -0.25) is 0 Å². The van der Waals surface area contributed by atoms with E-state index in [0.29, 0.717) is 5.88 Å². The van der Waals surface area contributed by atoms with Crippen LogP contribution in [0, 0.1) is 6.10 Å². The molecule has 1 saturated heterocycles. The minimum Gasteiger partial charge on any atom is -0.365 e. The first-order valence-corrected chi connectivity index (χ1v) is 2.00. The molecule has 1 heterocycles. The van der Waals surface area contributed by atoms with Gasteiger partial charge in [-0.05, 0) is 0 Å². The zero-order valence-corrected chi connectivity index (χ0v) is 3.46. The fourth-order valence-corrected chi connectivity index (χ4v) is 0.282. The molecule has 5 heavy (non-hydrogen) atoms. The van der Waals surface area contributed by atoms with E-state index in [1.54, 1.807) is 0 Å². The van der Waals surface area contributed by atoms with Gasteiger partial charge in [-0.25, -0.2) is 0 Å². The highest BCUT2D eigenvalue weighted by Crippen LogP contribution is 2.18. The van der Waals surface area contributed by atoms with Gasteiger partial charge in [0.05, 0.1) is 12.5 Å². The van der Waals surface area contributed by atoms with Crippen molar-refractivity contribution in [1.29, 1.82) is 0 Å². The molecule has 0 bridgehead atoms. The topological polar surface area (TPSA) is 12.5 Å². The van der Waals surface area contributed by atoms with Gasteiger partial charge in [0.2, 0.25) is 0 Å². The molecule has 0 spiro atoms. The van der Waals surface area contributed by atoms with E-state index in [0.717, 1.165) is 12.7 Å². The highest BCUT2D eigenvalue weighted by molar-refractivity contribution is 6.19. The number of rotatable bonds is 1. The van der Waals surface area contributed by atoms with E-state index < -0.39 is 0 Å². The normalized spacial score (nSPS) is 23.4. The molecule has 1 fully saturated rings. The quantitative estimate of drug-likeness (QED) is 0.343. The molecule has 1 aliphatic heterocycles. The van der Waals surface area contributed by atoms with E-state index in [9.17, 15) is 0 Å². The lowest BCUT2D eigenvalue weighted by atomic mass is 10.6. The minimum atomic E-state index is 0.583. The van der Waals surface area contributed by atoms with Gasteiger partial charge in [0.25, 0.3) is 0 Å². The molecular formula is C3H4ClO. The smallest absolute Gasteiger partial charge is 0.137 e. The Balaban J connectivity index is 2.00. The van der Waals surface area contributed by atoms with Gasteiger partial charge in [0, 0.05) is 0 Å². The summed E-state index contributed by atoms with van der Waals surface area (Å²) in [5.74, 6) is 0.583. The minimum absolute atomic E-state index is 0.583. The molecule has 0 aromatic carbocycles. The lowest BCUT2D eigenvalue weighted by Crippen LogP contribution is -1.67. The first-order valence-electron chi connectivity index (χ1n) is 1.47. The molecule has 0 aliphatic carbocycles. The Morgan fingerprint density at radius 3 is 2.60 bits per heavy atom. The van der Waals surface area contributed by atoms with E-state index in [2.05, 4.69) is 4.74 Å². The van der Waals surface area contributed by atoms with Crippen LogP contribution in [0.2, 0.25) is 0 Å². The average Bonchev–Trinajstić information content (AvgIpc) is 2.12. The second-order valence-corrected chi connectivity index (χ2v) is 1.23. The number of alkyl halides is 1. The van der Waals surface area contributed by atoms with Crippen LogP contribution in [0.1, 0.15) is 0 Å². The highest BCUT2D eigenvalue weighted by Gasteiger charge is 2.21. The van der Waals surface area contributed by atoms with Gasteiger partial charge in [-0.15, -0.1) is 11.6 Å². The van der Waals surface area contributed by atoms with Crippen molar-refractivity contribution in [2.24, 2.45) is 0 Å². The van der Waals surface area contributed by atoms with Crippen LogP contribution in [0.25, 0.3) is 0 Å². The van der Waals surface area contributed by atoms with Crippen molar-refractivity contribution in [2.75, 3.05) is 12.5 Å². The average molecular weight is 91.5 g/mol. The van der Waals surface area contributed by atoms with Crippen molar-refractivity contribution in [3.63, 3.8) is 0 Å². The molecule has 2 heteroatoms. The molecule has 0 aromatic rings. The number of ether oxygens (including phenoxy) is 1. The summed E-state index contributed by atoms with van der Waals surface area (Å²) in [5, 5.41) is 0. The van der Waals surface area contributed by atoms with E-state index in [-0.39, 0.29) is 0 Å². The van der Waals surface area contributed by atoms with Gasteiger partial charge in [-0.1, -0.05) is 0 Å². The van der Waals surface area contributed by atoms with E-state index in [1.807, 2.05) is 0 Å². The Kier molecular flexibility index (Phi) is 0.791. The third-order valence-electron chi connectivity index (χ3n) is 0.498. The van der Waals surface area contributed by atoms with E-state index in [4.69, 9.17) is 11.6 Å². The maximum atomic E-state index is 5.24. The second kappa shape index (κ2) is 1.15. The van der Waals surface area contributed by atoms with Crippen LogP contribution in [0.5, 0.6) is 0 Å². The van der Waals surface area contributed by atoms with Gasteiger partial charge in [0.1, 0.15) is 6.10 Å². The summed E-state index contributed by atoms with van der Waals surface area (Å²) < 4.78 is 4.64. The highest BCUT2D eigenvalue weighted by atomic mass is 35.5. The molecule has 1 aliphatic rings. The van der Waals surface area contributed by atoms with Crippen molar-refractivity contribution < 1.29 is 4.74 Å². The summed E-state index contributed by atoms with van der Waals surface area (Å²) in [6, 6.07) is 0. The molecule has 0 N–H and O–H groups in total. The first-order chi connectivity index (χ1) is 2.43. The molecule has 1 nitrogen and oxygen atoms in total. The Bertz CT molecular complexity index is 33.9. The fraction of sp³-hybridized carbons (Fsp3) is 0.667. The van der Waals surface area contributed by atoms with Crippen molar-refractivity contribution in [2.45, 2.75) is 0 Å². The van der Waals surface area contributed by atoms with Crippen molar-refractivity contribution in [3.8, 4) is 0 Å². The fourth-order valence-electron chi connectivity index (χ4n) is 0.128. The van der Waals surface area contributed by atoms with Crippen LogP contribution in [0.15, 0.2) is 0 Å². The van der Waals surface area contributed by atoms with E-state index >= 15 is 0 Å². The second-order valence-electron chi connectivity index (χ2n) is 0.961. The Morgan fingerprint density at radius 2 is 2.60 bits per heavy atom. The van der Waals surface area contributed by atoms with Gasteiger partial charge >= 0.3 is 0 Å². The zero-order chi connectivity index (χ0) is 3.70. The first kappa shape index (κ1) is 3.44. The SMILES string of the molecule is ClC[C]1CO1. The predicted octanol–water partition coefficient (Wildman–Crippen LogP) is 0.787. The largest absolute Gasteiger partial charge is 0.365 e. The molecule has 0 saturated carbocycles. The van der Waals surface area contributed by atoms with Crippen molar-refractivity contribution >= 4 is 11.6 Å². The Labute approximate surface area is 35.9 Å². The van der Waals surface area contributed by atoms with Crippen molar-refractivity contribution in [3.05, 3.63) is 6.10 Å². The molecule has 29 valence electrons. The van der Waals surface area contributed by atoms with Crippen LogP contribution in [-0.4, -0.2) is 12.5 Å². The molecule has 0 atom stereocenters. The van der Waals surface area contributed by atoms with Crippen LogP contribution < -0.4 is 0 Å². The lowest BCUT2D eigenvalue weighted by molar-refractivity contribution is 0.476. The Hall–Kier alpha value is 0.250. The summed E-state index contributed by atoms with van der Waals surface area (Å²) in [7, 11) is 0. The maximum Gasteiger partial charge on any atom is 0.137 e. The molecule has 0 aromatic heterocycles. The predicted molar refractivity (Wildman–Crippen MR) is 19.9 cm³/mol. The summed E-state index contributed by atoms with van der Waals surface area (Å²) >= 11 is 5.24. The van der Waals surface area contributed by atoms with Crippen LogP contribution in [-0.2, 0) is 4.74 Å².